The average Bonchev–Trinajstić information content (AvgIpc) is 2.74. The van der Waals surface area contributed by atoms with Gasteiger partial charge < -0.3 is 4.57 Å². The van der Waals surface area contributed by atoms with Crippen LogP contribution < -0.4 is 0 Å². The van der Waals surface area contributed by atoms with E-state index >= 15 is 0 Å². The molecule has 0 aliphatic rings. The fourth-order valence-electron chi connectivity index (χ4n) is 1.73. The SMILES string of the molecule is [c]1nc2ccccc2n1Cc1ccccn1. The normalized spacial score (nSPS) is 10.8. The van der Waals surface area contributed by atoms with Gasteiger partial charge in [-0.15, -0.1) is 0 Å². The molecule has 0 aliphatic heterocycles. The Kier molecular flexibility index (Phi) is 2.14. The van der Waals surface area contributed by atoms with Crippen molar-refractivity contribution >= 4 is 11.0 Å². The molecule has 0 saturated carbocycles. The summed E-state index contributed by atoms with van der Waals surface area (Å²) in [4.78, 5) is 8.52. The molecule has 0 atom stereocenters. The zero-order valence-electron chi connectivity index (χ0n) is 8.67. The lowest BCUT2D eigenvalue weighted by Gasteiger charge is -2.02. The van der Waals surface area contributed by atoms with Gasteiger partial charge in [0.25, 0.3) is 0 Å². The highest BCUT2D eigenvalue weighted by molar-refractivity contribution is 5.74. The molecule has 77 valence electrons. The van der Waals surface area contributed by atoms with Gasteiger partial charge in [-0.1, -0.05) is 18.2 Å². The maximum absolute atomic E-state index is 4.29. The van der Waals surface area contributed by atoms with Crippen LogP contribution >= 0.6 is 0 Å². The molecule has 2 aromatic heterocycles. The van der Waals surface area contributed by atoms with E-state index in [0.29, 0.717) is 6.54 Å². The van der Waals surface area contributed by atoms with Crippen molar-refractivity contribution in [2.75, 3.05) is 0 Å². The molecule has 0 N–H and O–H groups in total. The second-order valence-corrected chi connectivity index (χ2v) is 3.61. The van der Waals surface area contributed by atoms with Crippen LogP contribution in [0.3, 0.4) is 0 Å². The summed E-state index contributed by atoms with van der Waals surface area (Å²) >= 11 is 0. The molecule has 0 unspecified atom stereocenters. The molecule has 0 fully saturated rings. The predicted molar refractivity (Wildman–Crippen MR) is 61.9 cm³/mol. The molecule has 3 heteroatoms. The summed E-state index contributed by atoms with van der Waals surface area (Å²) in [7, 11) is 0. The van der Waals surface area contributed by atoms with Crippen LogP contribution in [0.25, 0.3) is 11.0 Å². The number of para-hydroxylation sites is 2. The lowest BCUT2D eigenvalue weighted by atomic mass is 10.3. The Morgan fingerprint density at radius 2 is 1.94 bits per heavy atom. The van der Waals surface area contributed by atoms with E-state index in [-0.39, 0.29) is 0 Å². The Bertz CT molecular complexity index is 599. The van der Waals surface area contributed by atoms with Crippen LogP contribution in [0.15, 0.2) is 48.7 Å². The quantitative estimate of drug-likeness (QED) is 0.646. The van der Waals surface area contributed by atoms with Gasteiger partial charge in [0, 0.05) is 6.20 Å². The highest BCUT2D eigenvalue weighted by atomic mass is 15.0. The highest BCUT2D eigenvalue weighted by Crippen LogP contribution is 2.12. The molecule has 0 aliphatic carbocycles. The highest BCUT2D eigenvalue weighted by Gasteiger charge is 2.02. The Labute approximate surface area is 93.4 Å². The molecule has 0 amide bonds. The summed E-state index contributed by atoms with van der Waals surface area (Å²) in [6.07, 6.45) is 4.79. The number of pyridine rings is 1. The van der Waals surface area contributed by atoms with Gasteiger partial charge in [0.1, 0.15) is 0 Å². The van der Waals surface area contributed by atoms with Gasteiger partial charge in [0.05, 0.1) is 23.3 Å². The van der Waals surface area contributed by atoms with Crippen molar-refractivity contribution in [3.63, 3.8) is 0 Å². The largest absolute Gasteiger partial charge is 0.315 e. The zero-order chi connectivity index (χ0) is 10.8. The molecule has 16 heavy (non-hydrogen) atoms. The molecule has 1 radical (unpaired) electrons. The molecular weight excluding hydrogens is 198 g/mol. The van der Waals surface area contributed by atoms with Crippen molar-refractivity contribution in [1.82, 2.24) is 14.5 Å². The second kappa shape index (κ2) is 3.77. The Morgan fingerprint density at radius 1 is 1.06 bits per heavy atom. The van der Waals surface area contributed by atoms with E-state index in [1.165, 1.54) is 0 Å². The molecule has 0 bridgehead atoms. The minimum Gasteiger partial charge on any atom is -0.315 e. The van der Waals surface area contributed by atoms with Crippen LogP contribution in [0.1, 0.15) is 5.69 Å². The fraction of sp³-hybridized carbons (Fsp3) is 0.0769. The molecule has 0 saturated heterocycles. The third-order valence-corrected chi connectivity index (χ3v) is 2.51. The van der Waals surface area contributed by atoms with Crippen molar-refractivity contribution < 1.29 is 0 Å². The minimum absolute atomic E-state index is 0.710. The Morgan fingerprint density at radius 3 is 2.81 bits per heavy atom. The summed E-state index contributed by atoms with van der Waals surface area (Å²) < 4.78 is 1.98. The molecule has 3 rings (SSSR count). The number of hydrogen-bond acceptors (Lipinski definition) is 2. The van der Waals surface area contributed by atoms with E-state index in [1.54, 1.807) is 6.20 Å². The summed E-state index contributed by atoms with van der Waals surface area (Å²) in [6.45, 7) is 0.710. The zero-order valence-corrected chi connectivity index (χ0v) is 8.67. The maximum Gasteiger partial charge on any atom is 0.177 e. The summed E-state index contributed by atoms with van der Waals surface area (Å²) in [5, 5.41) is 0. The third kappa shape index (κ3) is 1.56. The number of hydrogen-bond donors (Lipinski definition) is 0. The number of fused-ring (bicyclic) bond motifs is 1. The molecule has 0 spiro atoms. The first-order valence-electron chi connectivity index (χ1n) is 5.16. The molecule has 3 nitrogen and oxygen atoms in total. The van der Waals surface area contributed by atoms with Crippen LogP contribution in [-0.2, 0) is 6.54 Å². The van der Waals surface area contributed by atoms with Crippen molar-refractivity contribution in [1.29, 1.82) is 0 Å². The minimum atomic E-state index is 0.710. The standard InChI is InChI=1S/C13H10N3/c1-2-7-13-12(6-1)15-10-16(13)9-11-5-3-4-8-14-11/h1-8H,9H2. The van der Waals surface area contributed by atoms with Gasteiger partial charge in [0.15, 0.2) is 6.33 Å². The average molecular weight is 208 g/mol. The van der Waals surface area contributed by atoms with Crippen molar-refractivity contribution in [3.05, 3.63) is 60.7 Å². The van der Waals surface area contributed by atoms with Crippen molar-refractivity contribution in [2.45, 2.75) is 6.54 Å². The molecular formula is C13H10N3. The second-order valence-electron chi connectivity index (χ2n) is 3.61. The fourth-order valence-corrected chi connectivity index (χ4v) is 1.73. The van der Waals surface area contributed by atoms with E-state index < -0.39 is 0 Å². The monoisotopic (exact) mass is 208 g/mol. The third-order valence-electron chi connectivity index (χ3n) is 2.51. The number of nitrogens with zero attached hydrogens (tertiary/aromatic N) is 3. The van der Waals surface area contributed by atoms with Crippen LogP contribution in [0.4, 0.5) is 0 Å². The number of aromatic nitrogens is 3. The van der Waals surface area contributed by atoms with Gasteiger partial charge in [-0.3, -0.25) is 4.98 Å². The van der Waals surface area contributed by atoms with Crippen LogP contribution in [0.2, 0.25) is 0 Å². The maximum atomic E-state index is 4.29. The first-order valence-corrected chi connectivity index (χ1v) is 5.16. The molecule has 2 heterocycles. The van der Waals surface area contributed by atoms with Crippen molar-refractivity contribution in [2.24, 2.45) is 0 Å². The molecule has 1 aromatic carbocycles. The summed E-state index contributed by atoms with van der Waals surface area (Å²) in [5.41, 5.74) is 3.08. The van der Waals surface area contributed by atoms with Gasteiger partial charge in [-0.25, -0.2) is 4.98 Å². The first-order chi connectivity index (χ1) is 7.93. The lowest BCUT2D eigenvalue weighted by molar-refractivity contribution is 0.790. The van der Waals surface area contributed by atoms with Crippen LogP contribution in [-0.4, -0.2) is 14.5 Å². The topological polar surface area (TPSA) is 30.7 Å². The smallest absolute Gasteiger partial charge is 0.177 e. The van der Waals surface area contributed by atoms with E-state index in [2.05, 4.69) is 16.3 Å². The van der Waals surface area contributed by atoms with E-state index in [1.807, 2.05) is 47.0 Å². The summed E-state index contributed by atoms with van der Waals surface area (Å²) in [6, 6.07) is 13.9. The van der Waals surface area contributed by atoms with Crippen molar-refractivity contribution in [3.8, 4) is 0 Å². The Hall–Kier alpha value is -2.16. The van der Waals surface area contributed by atoms with Gasteiger partial charge in [-0.05, 0) is 24.3 Å². The van der Waals surface area contributed by atoms with E-state index in [0.717, 1.165) is 16.7 Å². The van der Waals surface area contributed by atoms with Crippen LogP contribution in [0, 0.1) is 6.33 Å². The lowest BCUT2D eigenvalue weighted by Crippen LogP contribution is -1.99. The van der Waals surface area contributed by atoms with Gasteiger partial charge in [0.2, 0.25) is 0 Å². The number of rotatable bonds is 2. The summed E-state index contributed by atoms with van der Waals surface area (Å²) in [5.74, 6) is 0. The van der Waals surface area contributed by atoms with E-state index in [4.69, 9.17) is 0 Å². The molecule has 3 aromatic rings. The van der Waals surface area contributed by atoms with E-state index in [9.17, 15) is 0 Å². The predicted octanol–water partition coefficient (Wildman–Crippen LogP) is 2.28. The number of benzene rings is 1. The number of imidazole rings is 1. The first kappa shape index (κ1) is 9.09. The van der Waals surface area contributed by atoms with Gasteiger partial charge >= 0.3 is 0 Å². The van der Waals surface area contributed by atoms with Gasteiger partial charge in [-0.2, -0.15) is 0 Å². The van der Waals surface area contributed by atoms with Crippen LogP contribution in [0.5, 0.6) is 0 Å². The Balaban J connectivity index is 2.01.